The molecule has 1 aromatic rings. The summed E-state index contributed by atoms with van der Waals surface area (Å²) >= 11 is 0. The molecule has 0 radical (unpaired) electrons. The van der Waals surface area contributed by atoms with E-state index < -0.39 is 0 Å². The summed E-state index contributed by atoms with van der Waals surface area (Å²) in [7, 11) is 5.95. The van der Waals surface area contributed by atoms with E-state index in [-0.39, 0.29) is 5.54 Å². The van der Waals surface area contributed by atoms with Gasteiger partial charge in [0.25, 0.3) is 0 Å². The summed E-state index contributed by atoms with van der Waals surface area (Å²) in [6.45, 7) is 1.06. The van der Waals surface area contributed by atoms with Crippen LogP contribution in [0.15, 0.2) is 18.2 Å². The zero-order chi connectivity index (χ0) is 14.6. The highest BCUT2D eigenvalue weighted by Crippen LogP contribution is 2.39. The number of ether oxygens (including phenoxy) is 1. The highest BCUT2D eigenvalue weighted by molar-refractivity contribution is 5.42. The minimum atomic E-state index is -0.197. The summed E-state index contributed by atoms with van der Waals surface area (Å²) in [4.78, 5) is 2.21. The Morgan fingerprint density at radius 1 is 1.20 bits per heavy atom. The lowest BCUT2D eigenvalue weighted by molar-refractivity contribution is 0.288. The van der Waals surface area contributed by atoms with Crippen molar-refractivity contribution < 1.29 is 4.74 Å². The molecule has 0 atom stereocenters. The zero-order valence-corrected chi connectivity index (χ0v) is 13.1. The molecule has 1 aromatic carbocycles. The first kappa shape index (κ1) is 15.3. The van der Waals surface area contributed by atoms with E-state index in [1.807, 2.05) is 0 Å². The Kier molecular flexibility index (Phi) is 5.06. The number of methoxy groups -OCH3 is 1. The van der Waals surface area contributed by atoms with E-state index in [0.29, 0.717) is 0 Å². The normalized spacial score (nSPS) is 18.2. The maximum absolute atomic E-state index is 6.69. The number of rotatable bonds is 5. The molecule has 0 amide bonds. The molecule has 0 aromatic heterocycles. The summed E-state index contributed by atoms with van der Waals surface area (Å²) in [5.41, 5.74) is 9.05. The quantitative estimate of drug-likeness (QED) is 0.898. The average Bonchev–Trinajstić information content (AvgIpc) is 2.45. The monoisotopic (exact) mass is 276 g/mol. The number of nitrogens with two attached hydrogens (primary N) is 1. The van der Waals surface area contributed by atoms with E-state index >= 15 is 0 Å². The summed E-state index contributed by atoms with van der Waals surface area (Å²) < 4.78 is 5.55. The summed E-state index contributed by atoms with van der Waals surface area (Å²) in [6.07, 6.45) is 6.95. The Bertz CT molecular complexity index is 437. The molecule has 1 aliphatic carbocycles. The number of benzene rings is 1. The maximum Gasteiger partial charge on any atom is 0.123 e. The topological polar surface area (TPSA) is 38.5 Å². The lowest BCUT2D eigenvalue weighted by Gasteiger charge is -2.35. The number of hydrogen-bond acceptors (Lipinski definition) is 3. The van der Waals surface area contributed by atoms with Gasteiger partial charge in [-0.1, -0.05) is 31.4 Å². The minimum Gasteiger partial charge on any atom is -0.496 e. The van der Waals surface area contributed by atoms with Crippen LogP contribution in [0, 0.1) is 0 Å². The van der Waals surface area contributed by atoms with E-state index in [0.717, 1.165) is 31.6 Å². The molecule has 1 saturated carbocycles. The van der Waals surface area contributed by atoms with Crippen LogP contribution < -0.4 is 10.5 Å². The molecule has 3 heteroatoms. The summed E-state index contributed by atoms with van der Waals surface area (Å²) in [6, 6.07) is 6.52. The second-order valence-corrected chi connectivity index (χ2v) is 6.30. The average molecular weight is 276 g/mol. The number of likely N-dealkylation sites (N-methyl/N-ethyl adjacent to an activating group) is 1. The fourth-order valence-electron chi connectivity index (χ4n) is 3.10. The fourth-order valence-corrected chi connectivity index (χ4v) is 3.10. The van der Waals surface area contributed by atoms with Gasteiger partial charge in [0.15, 0.2) is 0 Å². The van der Waals surface area contributed by atoms with Gasteiger partial charge in [-0.25, -0.2) is 0 Å². The highest BCUT2D eigenvalue weighted by Gasteiger charge is 2.32. The first-order valence-corrected chi connectivity index (χ1v) is 7.66. The molecule has 0 aliphatic heterocycles. The van der Waals surface area contributed by atoms with Crippen LogP contribution in [0.1, 0.15) is 43.2 Å². The molecule has 0 spiro atoms. The Morgan fingerprint density at radius 2 is 1.90 bits per heavy atom. The first-order valence-electron chi connectivity index (χ1n) is 7.66. The zero-order valence-electron chi connectivity index (χ0n) is 13.1. The van der Waals surface area contributed by atoms with Crippen molar-refractivity contribution in [2.24, 2.45) is 5.73 Å². The van der Waals surface area contributed by atoms with Gasteiger partial charge in [0.1, 0.15) is 5.75 Å². The SMILES string of the molecule is COc1ccc(CCN(C)C)cc1C1(N)CCCCC1. The van der Waals surface area contributed by atoms with Crippen molar-refractivity contribution >= 4 is 0 Å². The second kappa shape index (κ2) is 6.59. The van der Waals surface area contributed by atoms with E-state index in [1.165, 1.54) is 30.4 Å². The van der Waals surface area contributed by atoms with Crippen LogP contribution in [-0.2, 0) is 12.0 Å². The van der Waals surface area contributed by atoms with Crippen molar-refractivity contribution in [3.05, 3.63) is 29.3 Å². The van der Waals surface area contributed by atoms with E-state index in [4.69, 9.17) is 10.5 Å². The standard InChI is InChI=1S/C17H28N2O/c1-19(2)12-9-14-7-8-16(20-3)15(13-14)17(18)10-5-4-6-11-17/h7-8,13H,4-6,9-12,18H2,1-3H3. The van der Waals surface area contributed by atoms with Crippen molar-refractivity contribution in [2.45, 2.75) is 44.1 Å². The van der Waals surface area contributed by atoms with Crippen molar-refractivity contribution in [1.29, 1.82) is 0 Å². The lowest BCUT2D eigenvalue weighted by Crippen LogP contribution is -2.39. The van der Waals surface area contributed by atoms with Crippen LogP contribution >= 0.6 is 0 Å². The van der Waals surface area contributed by atoms with Crippen LogP contribution in [0.2, 0.25) is 0 Å². The molecule has 0 unspecified atom stereocenters. The van der Waals surface area contributed by atoms with Gasteiger partial charge in [0, 0.05) is 17.6 Å². The molecular formula is C17H28N2O. The lowest BCUT2D eigenvalue weighted by atomic mass is 9.76. The van der Waals surface area contributed by atoms with E-state index in [1.54, 1.807) is 7.11 Å². The first-order chi connectivity index (χ1) is 9.55. The fraction of sp³-hybridized carbons (Fsp3) is 0.647. The van der Waals surface area contributed by atoms with Gasteiger partial charge in [0.05, 0.1) is 7.11 Å². The van der Waals surface area contributed by atoms with E-state index in [9.17, 15) is 0 Å². The third kappa shape index (κ3) is 3.53. The number of hydrogen-bond donors (Lipinski definition) is 1. The third-order valence-electron chi connectivity index (χ3n) is 4.39. The summed E-state index contributed by atoms with van der Waals surface area (Å²) in [5, 5.41) is 0. The largest absolute Gasteiger partial charge is 0.496 e. The highest BCUT2D eigenvalue weighted by atomic mass is 16.5. The van der Waals surface area contributed by atoms with Gasteiger partial charge in [-0.3, -0.25) is 0 Å². The number of nitrogens with zero attached hydrogens (tertiary/aromatic N) is 1. The molecule has 0 saturated heterocycles. The van der Waals surface area contributed by atoms with Gasteiger partial charge < -0.3 is 15.4 Å². The van der Waals surface area contributed by atoms with Crippen LogP contribution in [0.4, 0.5) is 0 Å². The molecule has 2 N–H and O–H groups in total. The van der Waals surface area contributed by atoms with Crippen LogP contribution in [0.3, 0.4) is 0 Å². The maximum atomic E-state index is 6.69. The molecule has 112 valence electrons. The van der Waals surface area contributed by atoms with Crippen LogP contribution in [-0.4, -0.2) is 32.6 Å². The van der Waals surface area contributed by atoms with Gasteiger partial charge >= 0.3 is 0 Å². The molecule has 0 bridgehead atoms. The van der Waals surface area contributed by atoms with Crippen LogP contribution in [0.5, 0.6) is 5.75 Å². The Morgan fingerprint density at radius 3 is 2.50 bits per heavy atom. The van der Waals surface area contributed by atoms with E-state index in [2.05, 4.69) is 37.2 Å². The minimum absolute atomic E-state index is 0.197. The molecular weight excluding hydrogens is 248 g/mol. The Labute approximate surface area is 123 Å². The second-order valence-electron chi connectivity index (χ2n) is 6.30. The van der Waals surface area contributed by atoms with Gasteiger partial charge in [-0.15, -0.1) is 0 Å². The van der Waals surface area contributed by atoms with Gasteiger partial charge in [-0.05, 0) is 45.0 Å². The van der Waals surface area contributed by atoms with Gasteiger partial charge in [-0.2, -0.15) is 0 Å². The molecule has 20 heavy (non-hydrogen) atoms. The predicted octanol–water partition coefficient (Wildman–Crippen LogP) is 2.92. The summed E-state index contributed by atoms with van der Waals surface area (Å²) in [5.74, 6) is 0.947. The molecule has 3 nitrogen and oxygen atoms in total. The van der Waals surface area contributed by atoms with Crippen molar-refractivity contribution in [2.75, 3.05) is 27.7 Å². The Balaban J connectivity index is 2.26. The van der Waals surface area contributed by atoms with Crippen molar-refractivity contribution in [3.8, 4) is 5.75 Å². The molecule has 1 fully saturated rings. The molecule has 0 heterocycles. The van der Waals surface area contributed by atoms with Gasteiger partial charge in [0.2, 0.25) is 0 Å². The van der Waals surface area contributed by atoms with Crippen molar-refractivity contribution in [1.82, 2.24) is 4.90 Å². The predicted molar refractivity (Wildman–Crippen MR) is 84.2 cm³/mol. The molecule has 2 rings (SSSR count). The van der Waals surface area contributed by atoms with Crippen LogP contribution in [0.25, 0.3) is 0 Å². The smallest absolute Gasteiger partial charge is 0.123 e. The Hall–Kier alpha value is -1.06. The third-order valence-corrected chi connectivity index (χ3v) is 4.39. The van der Waals surface area contributed by atoms with Crippen molar-refractivity contribution in [3.63, 3.8) is 0 Å². The molecule has 1 aliphatic rings.